The molecule has 0 spiro atoms. The maximum absolute atomic E-state index is 6.07. The Hall–Kier alpha value is -0.580. The molecule has 0 radical (unpaired) electrons. The van der Waals surface area contributed by atoms with Gasteiger partial charge in [0.15, 0.2) is 0 Å². The van der Waals surface area contributed by atoms with Crippen molar-refractivity contribution < 1.29 is 4.42 Å². The highest BCUT2D eigenvalue weighted by Gasteiger charge is 2.12. The fraction of sp³-hybridized carbons (Fsp3) is 0.200. The molecule has 2 nitrogen and oxygen atoms in total. The Morgan fingerprint density at radius 3 is 2.79 bits per heavy atom. The van der Waals surface area contributed by atoms with Gasteiger partial charge >= 0.3 is 0 Å². The SMILES string of the molecule is Cc1cc(C(N)c2ccc(Br)s2)co1. The Labute approximate surface area is 94.9 Å². The number of aryl methyl sites for hydroxylation is 1. The van der Waals surface area contributed by atoms with Crippen molar-refractivity contribution in [3.63, 3.8) is 0 Å². The molecule has 2 aromatic heterocycles. The molecule has 4 heteroatoms. The standard InChI is InChI=1S/C10H10BrNOS/c1-6-4-7(5-13-6)10(12)8-2-3-9(11)14-8/h2-5,10H,12H2,1H3. The van der Waals surface area contributed by atoms with Gasteiger partial charge < -0.3 is 10.2 Å². The maximum Gasteiger partial charge on any atom is 0.101 e. The van der Waals surface area contributed by atoms with Crippen molar-refractivity contribution >= 4 is 27.3 Å². The summed E-state index contributed by atoms with van der Waals surface area (Å²) in [6.45, 7) is 1.92. The quantitative estimate of drug-likeness (QED) is 0.909. The van der Waals surface area contributed by atoms with E-state index in [1.807, 2.05) is 25.1 Å². The lowest BCUT2D eigenvalue weighted by atomic mass is 10.1. The van der Waals surface area contributed by atoms with Crippen molar-refractivity contribution in [1.82, 2.24) is 0 Å². The summed E-state index contributed by atoms with van der Waals surface area (Å²) in [7, 11) is 0. The normalized spacial score (nSPS) is 13.1. The average molecular weight is 272 g/mol. The van der Waals surface area contributed by atoms with Gasteiger partial charge in [-0.25, -0.2) is 0 Å². The van der Waals surface area contributed by atoms with E-state index in [1.165, 1.54) is 0 Å². The molecule has 1 unspecified atom stereocenters. The Morgan fingerprint density at radius 1 is 1.50 bits per heavy atom. The topological polar surface area (TPSA) is 39.2 Å². The molecule has 0 fully saturated rings. The van der Waals surface area contributed by atoms with Crippen LogP contribution in [0.5, 0.6) is 0 Å². The lowest BCUT2D eigenvalue weighted by Crippen LogP contribution is -2.08. The molecule has 2 heterocycles. The number of hydrogen-bond acceptors (Lipinski definition) is 3. The van der Waals surface area contributed by atoms with Crippen LogP contribution in [-0.4, -0.2) is 0 Å². The smallest absolute Gasteiger partial charge is 0.101 e. The molecule has 0 aromatic carbocycles. The van der Waals surface area contributed by atoms with Gasteiger partial charge in [0.2, 0.25) is 0 Å². The van der Waals surface area contributed by atoms with E-state index in [4.69, 9.17) is 10.2 Å². The number of nitrogens with two attached hydrogens (primary N) is 1. The minimum Gasteiger partial charge on any atom is -0.469 e. The van der Waals surface area contributed by atoms with Gasteiger partial charge in [-0.05, 0) is 41.1 Å². The molecule has 2 rings (SSSR count). The van der Waals surface area contributed by atoms with Crippen LogP contribution in [0, 0.1) is 6.92 Å². The van der Waals surface area contributed by atoms with E-state index in [0.717, 1.165) is 20.0 Å². The maximum atomic E-state index is 6.07. The lowest BCUT2D eigenvalue weighted by molar-refractivity contribution is 0.530. The first-order chi connectivity index (χ1) is 6.66. The Morgan fingerprint density at radius 2 is 2.29 bits per heavy atom. The Balaban J connectivity index is 2.28. The molecule has 0 aliphatic heterocycles. The first kappa shape index (κ1) is 9.96. The Bertz CT molecular complexity index is 395. The summed E-state index contributed by atoms with van der Waals surface area (Å²) in [4.78, 5) is 1.14. The molecule has 74 valence electrons. The van der Waals surface area contributed by atoms with Gasteiger partial charge in [-0.3, -0.25) is 0 Å². The van der Waals surface area contributed by atoms with Crippen molar-refractivity contribution in [3.8, 4) is 0 Å². The zero-order valence-electron chi connectivity index (χ0n) is 7.66. The summed E-state index contributed by atoms with van der Waals surface area (Å²) in [5, 5.41) is 0. The first-order valence-corrected chi connectivity index (χ1v) is 5.83. The van der Waals surface area contributed by atoms with Crippen LogP contribution in [0.4, 0.5) is 0 Å². The van der Waals surface area contributed by atoms with Crippen molar-refractivity contribution in [3.05, 3.63) is 44.4 Å². The fourth-order valence-electron chi connectivity index (χ4n) is 1.29. The number of halogens is 1. The van der Waals surface area contributed by atoms with Gasteiger partial charge in [0.1, 0.15) is 5.76 Å². The third-order valence-corrected chi connectivity index (χ3v) is 3.72. The van der Waals surface area contributed by atoms with Crippen LogP contribution in [-0.2, 0) is 0 Å². The summed E-state index contributed by atoms with van der Waals surface area (Å²) in [6.07, 6.45) is 1.72. The van der Waals surface area contributed by atoms with Crippen molar-refractivity contribution in [1.29, 1.82) is 0 Å². The van der Waals surface area contributed by atoms with E-state index in [-0.39, 0.29) is 6.04 Å². The molecule has 0 aliphatic carbocycles. The zero-order valence-corrected chi connectivity index (χ0v) is 10.1. The van der Waals surface area contributed by atoms with Crippen molar-refractivity contribution in [2.24, 2.45) is 5.73 Å². The summed E-state index contributed by atoms with van der Waals surface area (Å²) >= 11 is 5.07. The molecule has 0 saturated carbocycles. The van der Waals surface area contributed by atoms with Gasteiger partial charge in [-0.15, -0.1) is 11.3 Å². The minimum absolute atomic E-state index is 0.0799. The lowest BCUT2D eigenvalue weighted by Gasteiger charge is -2.04. The van der Waals surface area contributed by atoms with Gasteiger partial charge in [-0.2, -0.15) is 0 Å². The van der Waals surface area contributed by atoms with Gasteiger partial charge in [-0.1, -0.05) is 0 Å². The van der Waals surface area contributed by atoms with Crippen LogP contribution in [0.3, 0.4) is 0 Å². The summed E-state index contributed by atoms with van der Waals surface area (Å²) in [6, 6.07) is 5.93. The predicted molar refractivity (Wildman–Crippen MR) is 61.5 cm³/mol. The van der Waals surface area contributed by atoms with E-state index in [9.17, 15) is 0 Å². The van der Waals surface area contributed by atoms with Crippen LogP contribution < -0.4 is 5.73 Å². The van der Waals surface area contributed by atoms with E-state index in [1.54, 1.807) is 17.6 Å². The molecule has 1 atom stereocenters. The second-order valence-electron chi connectivity index (χ2n) is 3.11. The number of furan rings is 1. The molecule has 0 amide bonds. The highest BCUT2D eigenvalue weighted by molar-refractivity contribution is 9.11. The molecule has 2 N–H and O–H groups in total. The highest BCUT2D eigenvalue weighted by Crippen LogP contribution is 2.30. The van der Waals surface area contributed by atoms with Crippen LogP contribution >= 0.6 is 27.3 Å². The van der Waals surface area contributed by atoms with E-state index in [2.05, 4.69) is 15.9 Å². The summed E-state index contributed by atoms with van der Waals surface area (Å²) in [5.41, 5.74) is 7.10. The van der Waals surface area contributed by atoms with Crippen molar-refractivity contribution in [2.45, 2.75) is 13.0 Å². The van der Waals surface area contributed by atoms with Gasteiger partial charge in [0.05, 0.1) is 16.1 Å². The third kappa shape index (κ3) is 1.92. The molecule has 14 heavy (non-hydrogen) atoms. The van der Waals surface area contributed by atoms with Crippen LogP contribution in [0.25, 0.3) is 0 Å². The highest BCUT2D eigenvalue weighted by atomic mass is 79.9. The molecule has 0 aliphatic rings. The van der Waals surface area contributed by atoms with Gasteiger partial charge in [0.25, 0.3) is 0 Å². The van der Waals surface area contributed by atoms with Crippen LogP contribution in [0.15, 0.2) is 32.7 Å². The average Bonchev–Trinajstić information content (AvgIpc) is 2.73. The predicted octanol–water partition coefficient (Wildman–Crippen LogP) is 3.46. The largest absolute Gasteiger partial charge is 0.469 e. The summed E-state index contributed by atoms with van der Waals surface area (Å²) in [5.74, 6) is 0.895. The van der Waals surface area contributed by atoms with Crippen LogP contribution in [0.2, 0.25) is 0 Å². The monoisotopic (exact) mass is 271 g/mol. The molecule has 0 bridgehead atoms. The molecular weight excluding hydrogens is 262 g/mol. The van der Waals surface area contributed by atoms with E-state index < -0.39 is 0 Å². The number of thiophene rings is 1. The number of rotatable bonds is 2. The van der Waals surface area contributed by atoms with E-state index in [0.29, 0.717) is 0 Å². The second-order valence-corrected chi connectivity index (χ2v) is 5.60. The van der Waals surface area contributed by atoms with Crippen LogP contribution in [0.1, 0.15) is 22.2 Å². The molecule has 2 aromatic rings. The molecule has 0 saturated heterocycles. The third-order valence-electron chi connectivity index (χ3n) is 2.01. The molecular formula is C10H10BrNOS. The number of hydrogen-bond donors (Lipinski definition) is 1. The fourth-order valence-corrected chi connectivity index (χ4v) is 2.74. The first-order valence-electron chi connectivity index (χ1n) is 4.22. The van der Waals surface area contributed by atoms with Gasteiger partial charge in [0, 0.05) is 10.4 Å². The zero-order chi connectivity index (χ0) is 10.1. The van der Waals surface area contributed by atoms with Crippen molar-refractivity contribution in [2.75, 3.05) is 0 Å². The Kier molecular flexibility index (Phi) is 2.76. The minimum atomic E-state index is -0.0799. The second kappa shape index (κ2) is 3.88. The summed E-state index contributed by atoms with van der Waals surface area (Å²) < 4.78 is 6.33. The van der Waals surface area contributed by atoms with E-state index >= 15 is 0 Å².